The van der Waals surface area contributed by atoms with Crippen LogP contribution >= 0.6 is 11.3 Å². The number of carbonyl (C=O) groups excluding carboxylic acids is 2. The first-order valence-corrected chi connectivity index (χ1v) is 11.1. The number of piperazine rings is 1. The predicted molar refractivity (Wildman–Crippen MR) is 122 cm³/mol. The first kappa shape index (κ1) is 20.9. The molecule has 0 N–H and O–H groups in total. The van der Waals surface area contributed by atoms with E-state index in [1.54, 1.807) is 33.4 Å². The summed E-state index contributed by atoms with van der Waals surface area (Å²) in [7, 11) is 0. The van der Waals surface area contributed by atoms with Crippen LogP contribution in [0, 0.1) is 6.92 Å². The van der Waals surface area contributed by atoms with Crippen molar-refractivity contribution in [1.82, 2.24) is 19.8 Å². The Kier molecular flexibility index (Phi) is 6.23. The minimum atomic E-state index is -0.586. The van der Waals surface area contributed by atoms with E-state index < -0.39 is 6.04 Å². The lowest BCUT2D eigenvalue weighted by atomic mass is 9.99. The molecule has 1 aliphatic heterocycles. The Labute approximate surface area is 185 Å². The van der Waals surface area contributed by atoms with E-state index in [0.717, 1.165) is 16.8 Å². The van der Waals surface area contributed by atoms with Gasteiger partial charge in [-0.3, -0.25) is 14.6 Å². The minimum Gasteiger partial charge on any atom is -0.335 e. The van der Waals surface area contributed by atoms with Gasteiger partial charge in [-0.25, -0.2) is 4.98 Å². The number of carbonyl (C=O) groups is 2. The average molecular weight is 433 g/mol. The smallest absolute Gasteiger partial charge is 0.274 e. The molecule has 0 aliphatic carbocycles. The maximum Gasteiger partial charge on any atom is 0.274 e. The highest BCUT2D eigenvalue weighted by atomic mass is 32.1. The third-order valence-electron chi connectivity index (χ3n) is 5.38. The monoisotopic (exact) mass is 432 g/mol. The van der Waals surface area contributed by atoms with Gasteiger partial charge in [0.15, 0.2) is 0 Å². The van der Waals surface area contributed by atoms with Crippen molar-refractivity contribution in [3.05, 3.63) is 83.8 Å². The highest BCUT2D eigenvalue weighted by Crippen LogP contribution is 2.26. The summed E-state index contributed by atoms with van der Waals surface area (Å²) in [6.45, 7) is 6.97. The van der Waals surface area contributed by atoms with Crippen molar-refractivity contribution in [2.45, 2.75) is 19.4 Å². The fourth-order valence-electron chi connectivity index (χ4n) is 3.74. The van der Waals surface area contributed by atoms with Crippen molar-refractivity contribution < 1.29 is 9.59 Å². The van der Waals surface area contributed by atoms with Crippen LogP contribution in [0.25, 0.3) is 10.4 Å². The SMILES string of the molecule is C=CCN1CCN(C(=O)c2cnc(C)cn2)[C@H](Cc2ccc(-c3cccs3)cc2)C1=O. The van der Waals surface area contributed by atoms with Gasteiger partial charge in [0.2, 0.25) is 5.91 Å². The number of nitrogens with zero attached hydrogens (tertiary/aromatic N) is 4. The van der Waals surface area contributed by atoms with Gasteiger partial charge in [0, 0.05) is 37.1 Å². The summed E-state index contributed by atoms with van der Waals surface area (Å²) in [6, 6.07) is 11.7. The zero-order chi connectivity index (χ0) is 21.8. The fraction of sp³-hybridized carbons (Fsp3) is 0.250. The number of amides is 2. The molecule has 1 aliphatic rings. The average Bonchev–Trinajstić information content (AvgIpc) is 3.32. The summed E-state index contributed by atoms with van der Waals surface area (Å²) in [4.78, 5) is 39.4. The van der Waals surface area contributed by atoms with Crippen LogP contribution in [-0.4, -0.2) is 57.3 Å². The van der Waals surface area contributed by atoms with Crippen LogP contribution in [-0.2, 0) is 11.2 Å². The van der Waals surface area contributed by atoms with Gasteiger partial charge in [0.05, 0.1) is 11.9 Å². The Morgan fingerprint density at radius 1 is 1.19 bits per heavy atom. The van der Waals surface area contributed by atoms with Gasteiger partial charge >= 0.3 is 0 Å². The number of aromatic nitrogens is 2. The zero-order valence-corrected chi connectivity index (χ0v) is 18.2. The first-order valence-electron chi connectivity index (χ1n) is 10.2. The number of hydrogen-bond donors (Lipinski definition) is 0. The topological polar surface area (TPSA) is 66.4 Å². The normalized spacial score (nSPS) is 16.4. The van der Waals surface area contributed by atoms with Gasteiger partial charge in [-0.1, -0.05) is 36.4 Å². The van der Waals surface area contributed by atoms with Gasteiger partial charge in [0.1, 0.15) is 11.7 Å². The molecule has 2 amide bonds. The molecule has 1 saturated heterocycles. The molecule has 0 radical (unpaired) electrons. The van der Waals surface area contributed by atoms with E-state index >= 15 is 0 Å². The van der Waals surface area contributed by atoms with Crippen LogP contribution in [0.2, 0.25) is 0 Å². The summed E-state index contributed by atoms with van der Waals surface area (Å²) in [5.74, 6) is -0.332. The molecule has 6 nitrogen and oxygen atoms in total. The van der Waals surface area contributed by atoms with Crippen molar-refractivity contribution in [3.63, 3.8) is 0 Å². The lowest BCUT2D eigenvalue weighted by molar-refractivity contribution is -0.139. The molecule has 3 heterocycles. The second-order valence-electron chi connectivity index (χ2n) is 7.51. The fourth-order valence-corrected chi connectivity index (χ4v) is 4.47. The second-order valence-corrected chi connectivity index (χ2v) is 8.46. The molecule has 4 rings (SSSR count). The molecule has 31 heavy (non-hydrogen) atoms. The van der Waals surface area contributed by atoms with E-state index in [9.17, 15) is 9.59 Å². The predicted octanol–water partition coefficient (Wildman–Crippen LogP) is 3.60. The van der Waals surface area contributed by atoms with Gasteiger partial charge in [0.25, 0.3) is 5.91 Å². The van der Waals surface area contributed by atoms with E-state index in [0.29, 0.717) is 26.1 Å². The molecule has 1 fully saturated rings. The zero-order valence-electron chi connectivity index (χ0n) is 17.4. The quantitative estimate of drug-likeness (QED) is 0.559. The number of rotatable bonds is 6. The Morgan fingerprint density at radius 3 is 2.65 bits per heavy atom. The standard InChI is InChI=1S/C24H24N4O2S/c1-3-10-27-11-12-28(23(29)20-16-25-17(2)15-26-20)21(24(27)30)14-18-6-8-19(9-7-18)22-5-4-13-31-22/h3-9,13,15-16,21H,1,10-12,14H2,2H3/t21-/m1/s1. The van der Waals surface area contributed by atoms with E-state index in [2.05, 4.69) is 40.1 Å². The van der Waals surface area contributed by atoms with Crippen LogP contribution in [0.4, 0.5) is 0 Å². The highest BCUT2D eigenvalue weighted by molar-refractivity contribution is 7.13. The third-order valence-corrected chi connectivity index (χ3v) is 6.30. The third kappa shape index (κ3) is 4.56. The molecule has 1 atom stereocenters. The molecule has 7 heteroatoms. The molecule has 0 spiro atoms. The van der Waals surface area contributed by atoms with Gasteiger partial charge < -0.3 is 9.80 Å². The first-order chi connectivity index (χ1) is 15.1. The van der Waals surface area contributed by atoms with E-state index in [1.807, 2.05) is 25.1 Å². The van der Waals surface area contributed by atoms with Crippen LogP contribution in [0.3, 0.4) is 0 Å². The number of hydrogen-bond acceptors (Lipinski definition) is 5. The van der Waals surface area contributed by atoms with Crippen molar-refractivity contribution in [1.29, 1.82) is 0 Å². The summed E-state index contributed by atoms with van der Waals surface area (Å²) in [5.41, 5.74) is 3.15. The van der Waals surface area contributed by atoms with E-state index in [1.165, 1.54) is 11.1 Å². The molecular formula is C24H24N4O2S. The maximum absolute atomic E-state index is 13.2. The largest absolute Gasteiger partial charge is 0.335 e. The summed E-state index contributed by atoms with van der Waals surface area (Å²) in [6.07, 6.45) is 5.21. The van der Waals surface area contributed by atoms with Crippen molar-refractivity contribution >= 4 is 23.2 Å². The Hall–Kier alpha value is -3.32. The van der Waals surface area contributed by atoms with E-state index in [4.69, 9.17) is 0 Å². The molecule has 1 aromatic carbocycles. The summed E-state index contributed by atoms with van der Waals surface area (Å²) in [5, 5.41) is 2.05. The highest BCUT2D eigenvalue weighted by Gasteiger charge is 2.37. The summed E-state index contributed by atoms with van der Waals surface area (Å²) >= 11 is 1.69. The molecule has 0 saturated carbocycles. The van der Waals surface area contributed by atoms with Crippen LogP contribution < -0.4 is 0 Å². The van der Waals surface area contributed by atoms with Crippen LogP contribution in [0.5, 0.6) is 0 Å². The van der Waals surface area contributed by atoms with Gasteiger partial charge in [-0.15, -0.1) is 17.9 Å². The lowest BCUT2D eigenvalue weighted by Gasteiger charge is -2.40. The van der Waals surface area contributed by atoms with Crippen molar-refractivity contribution in [2.24, 2.45) is 0 Å². The van der Waals surface area contributed by atoms with Crippen LogP contribution in [0.1, 0.15) is 21.7 Å². The van der Waals surface area contributed by atoms with Crippen LogP contribution in [0.15, 0.2) is 66.8 Å². The molecule has 3 aromatic rings. The molecule has 2 aromatic heterocycles. The van der Waals surface area contributed by atoms with Crippen molar-refractivity contribution in [3.8, 4) is 10.4 Å². The molecule has 0 unspecified atom stereocenters. The van der Waals surface area contributed by atoms with E-state index in [-0.39, 0.29) is 17.5 Å². The molecular weight excluding hydrogens is 408 g/mol. The van der Waals surface area contributed by atoms with Crippen molar-refractivity contribution in [2.75, 3.05) is 19.6 Å². The lowest BCUT2D eigenvalue weighted by Crippen LogP contribution is -2.59. The van der Waals surface area contributed by atoms with Gasteiger partial charge in [-0.05, 0) is 29.5 Å². The Morgan fingerprint density at radius 2 is 2.00 bits per heavy atom. The number of benzene rings is 1. The number of aryl methyl sites for hydroxylation is 1. The van der Waals surface area contributed by atoms with Gasteiger partial charge in [-0.2, -0.15) is 0 Å². The second kappa shape index (κ2) is 9.22. The Bertz CT molecular complexity index is 1060. The maximum atomic E-state index is 13.2. The Balaban J connectivity index is 1.59. The number of thiophene rings is 1. The summed E-state index contributed by atoms with van der Waals surface area (Å²) < 4.78 is 0. The molecule has 0 bridgehead atoms. The minimum absolute atomic E-state index is 0.0677. The molecule has 158 valence electrons.